The van der Waals surface area contributed by atoms with Crippen LogP contribution in [-0.4, -0.2) is 29.4 Å². The highest BCUT2D eigenvalue weighted by atomic mass is 16.6. The fraction of sp³-hybridized carbons (Fsp3) is 0.909. The van der Waals surface area contributed by atoms with Gasteiger partial charge in [-0.25, -0.2) is 4.79 Å². The molecule has 0 fully saturated rings. The van der Waals surface area contributed by atoms with Crippen molar-refractivity contribution in [3.63, 3.8) is 0 Å². The summed E-state index contributed by atoms with van der Waals surface area (Å²) >= 11 is 0. The smallest absolute Gasteiger partial charge is 0.407 e. The van der Waals surface area contributed by atoms with Crippen molar-refractivity contribution in [1.82, 2.24) is 5.32 Å². The van der Waals surface area contributed by atoms with Gasteiger partial charge in [-0.2, -0.15) is 0 Å². The highest BCUT2D eigenvalue weighted by molar-refractivity contribution is 5.67. The van der Waals surface area contributed by atoms with E-state index in [0.717, 1.165) is 19.3 Å². The molecular weight excluding hydrogens is 194 g/mol. The van der Waals surface area contributed by atoms with Crippen LogP contribution in [0, 0.1) is 0 Å². The Bertz CT molecular complexity index is 187. The van der Waals surface area contributed by atoms with E-state index in [1.807, 2.05) is 27.7 Å². The molecule has 0 unspecified atom stereocenters. The van der Waals surface area contributed by atoms with Crippen LogP contribution in [0.25, 0.3) is 0 Å². The Hall–Kier alpha value is -0.770. The van der Waals surface area contributed by atoms with Gasteiger partial charge in [-0.05, 0) is 47.0 Å². The minimum Gasteiger partial charge on any atom is -0.444 e. The lowest BCUT2D eigenvalue weighted by Gasteiger charge is -2.21. The van der Waals surface area contributed by atoms with Crippen LogP contribution < -0.4 is 5.32 Å². The topological polar surface area (TPSA) is 58.6 Å². The van der Waals surface area contributed by atoms with Gasteiger partial charge in [0.15, 0.2) is 0 Å². The van der Waals surface area contributed by atoms with Crippen LogP contribution in [0.5, 0.6) is 0 Å². The Balaban J connectivity index is 3.67. The van der Waals surface area contributed by atoms with Crippen molar-refractivity contribution in [2.45, 2.75) is 58.6 Å². The summed E-state index contributed by atoms with van der Waals surface area (Å²) in [7, 11) is 0. The zero-order valence-electron chi connectivity index (χ0n) is 10.2. The van der Waals surface area contributed by atoms with E-state index in [2.05, 4.69) is 5.32 Å². The van der Waals surface area contributed by atoms with E-state index in [-0.39, 0.29) is 18.7 Å². The third-order valence-corrected chi connectivity index (χ3v) is 1.81. The lowest BCUT2D eigenvalue weighted by Crippen LogP contribution is -2.37. The highest BCUT2D eigenvalue weighted by Crippen LogP contribution is 2.07. The molecule has 0 aromatic rings. The number of rotatable bonds is 5. The molecule has 4 heteroatoms. The summed E-state index contributed by atoms with van der Waals surface area (Å²) in [5.74, 6) is 0. The molecule has 0 heterocycles. The van der Waals surface area contributed by atoms with E-state index in [0.29, 0.717) is 0 Å². The number of hydrogen-bond acceptors (Lipinski definition) is 3. The number of carbonyl (C=O) groups excluding carboxylic acids is 1. The molecule has 1 atom stereocenters. The molecule has 0 aromatic heterocycles. The molecule has 0 saturated carbocycles. The van der Waals surface area contributed by atoms with Crippen molar-refractivity contribution >= 4 is 6.09 Å². The molecule has 0 aliphatic heterocycles. The van der Waals surface area contributed by atoms with Gasteiger partial charge in [0.2, 0.25) is 0 Å². The van der Waals surface area contributed by atoms with Crippen LogP contribution in [0.3, 0.4) is 0 Å². The fourth-order valence-electron chi connectivity index (χ4n) is 1.14. The van der Waals surface area contributed by atoms with Crippen LogP contribution >= 0.6 is 0 Å². The molecular formula is C11H23NO3. The second kappa shape index (κ2) is 6.67. The third kappa shape index (κ3) is 9.53. The van der Waals surface area contributed by atoms with E-state index < -0.39 is 5.60 Å². The second-order valence-electron chi connectivity index (χ2n) is 4.77. The van der Waals surface area contributed by atoms with Gasteiger partial charge in [-0.1, -0.05) is 0 Å². The van der Waals surface area contributed by atoms with E-state index >= 15 is 0 Å². The molecule has 0 radical (unpaired) electrons. The Morgan fingerprint density at radius 1 is 1.40 bits per heavy atom. The van der Waals surface area contributed by atoms with Gasteiger partial charge in [0, 0.05) is 12.6 Å². The minimum absolute atomic E-state index is 0.0893. The summed E-state index contributed by atoms with van der Waals surface area (Å²) < 4.78 is 5.12. The van der Waals surface area contributed by atoms with E-state index in [1.165, 1.54) is 0 Å². The first-order chi connectivity index (χ1) is 6.85. The fourth-order valence-corrected chi connectivity index (χ4v) is 1.14. The van der Waals surface area contributed by atoms with Crippen LogP contribution in [0.15, 0.2) is 0 Å². The van der Waals surface area contributed by atoms with Crippen LogP contribution in [0.1, 0.15) is 47.0 Å². The first-order valence-corrected chi connectivity index (χ1v) is 5.45. The maximum absolute atomic E-state index is 11.3. The number of carbonyl (C=O) groups is 1. The summed E-state index contributed by atoms with van der Waals surface area (Å²) in [5.41, 5.74) is -0.450. The highest BCUT2D eigenvalue weighted by Gasteiger charge is 2.17. The molecule has 2 N–H and O–H groups in total. The molecule has 0 aliphatic carbocycles. The number of unbranched alkanes of at least 4 members (excludes halogenated alkanes) is 1. The normalized spacial score (nSPS) is 13.4. The SMILES string of the molecule is C[C@H](CCCCO)NC(=O)OC(C)(C)C. The Labute approximate surface area is 92.0 Å². The average molecular weight is 217 g/mol. The second-order valence-corrected chi connectivity index (χ2v) is 4.77. The molecule has 0 bridgehead atoms. The zero-order valence-corrected chi connectivity index (χ0v) is 10.2. The van der Waals surface area contributed by atoms with Crippen molar-refractivity contribution in [3.05, 3.63) is 0 Å². The predicted molar refractivity (Wildman–Crippen MR) is 59.8 cm³/mol. The number of ether oxygens (including phenoxy) is 1. The molecule has 90 valence electrons. The number of hydrogen-bond donors (Lipinski definition) is 2. The van der Waals surface area contributed by atoms with Crippen molar-refractivity contribution in [3.8, 4) is 0 Å². The lowest BCUT2D eigenvalue weighted by molar-refractivity contribution is 0.0505. The average Bonchev–Trinajstić information content (AvgIpc) is 2.00. The van der Waals surface area contributed by atoms with Crippen LogP contribution in [0.2, 0.25) is 0 Å². The molecule has 0 aliphatic rings. The number of amides is 1. The summed E-state index contributed by atoms with van der Waals surface area (Å²) in [6, 6.07) is 0.0893. The van der Waals surface area contributed by atoms with Gasteiger partial charge in [-0.3, -0.25) is 0 Å². The number of aliphatic hydroxyl groups excluding tert-OH is 1. The van der Waals surface area contributed by atoms with E-state index in [9.17, 15) is 4.79 Å². The van der Waals surface area contributed by atoms with Crippen molar-refractivity contribution in [1.29, 1.82) is 0 Å². The van der Waals surface area contributed by atoms with Gasteiger partial charge in [0.05, 0.1) is 0 Å². The standard InChI is InChI=1S/C11H23NO3/c1-9(7-5-6-8-13)12-10(14)15-11(2,3)4/h9,13H,5-8H2,1-4H3,(H,12,14)/t9-/m1/s1. The van der Waals surface area contributed by atoms with Gasteiger partial charge in [0.25, 0.3) is 0 Å². The molecule has 15 heavy (non-hydrogen) atoms. The molecule has 1 amide bonds. The monoisotopic (exact) mass is 217 g/mol. The number of aliphatic hydroxyl groups is 1. The molecule has 0 aromatic carbocycles. The molecule has 0 spiro atoms. The quantitative estimate of drug-likeness (QED) is 0.693. The molecule has 0 saturated heterocycles. The maximum Gasteiger partial charge on any atom is 0.407 e. The molecule has 0 rings (SSSR count). The Morgan fingerprint density at radius 3 is 2.47 bits per heavy atom. The number of alkyl carbamates (subject to hydrolysis) is 1. The number of nitrogens with one attached hydrogen (secondary N) is 1. The summed E-state index contributed by atoms with van der Waals surface area (Å²) in [4.78, 5) is 11.3. The van der Waals surface area contributed by atoms with E-state index in [4.69, 9.17) is 9.84 Å². The summed E-state index contributed by atoms with van der Waals surface area (Å²) in [6.45, 7) is 7.65. The zero-order chi connectivity index (χ0) is 11.9. The Kier molecular flexibility index (Phi) is 6.32. The van der Waals surface area contributed by atoms with Crippen LogP contribution in [0.4, 0.5) is 4.79 Å². The van der Waals surface area contributed by atoms with Gasteiger partial charge in [-0.15, -0.1) is 0 Å². The van der Waals surface area contributed by atoms with Crippen molar-refractivity contribution in [2.24, 2.45) is 0 Å². The van der Waals surface area contributed by atoms with Gasteiger partial charge in [0.1, 0.15) is 5.60 Å². The molecule has 4 nitrogen and oxygen atoms in total. The Morgan fingerprint density at radius 2 is 2.00 bits per heavy atom. The van der Waals surface area contributed by atoms with E-state index in [1.54, 1.807) is 0 Å². The minimum atomic E-state index is -0.450. The maximum atomic E-state index is 11.3. The largest absolute Gasteiger partial charge is 0.444 e. The lowest BCUT2D eigenvalue weighted by atomic mass is 10.1. The summed E-state index contributed by atoms with van der Waals surface area (Å²) in [6.07, 6.45) is 2.17. The summed E-state index contributed by atoms with van der Waals surface area (Å²) in [5, 5.41) is 11.4. The van der Waals surface area contributed by atoms with Crippen molar-refractivity contribution < 1.29 is 14.6 Å². The predicted octanol–water partition coefficient (Wildman–Crippen LogP) is 2.06. The first-order valence-electron chi connectivity index (χ1n) is 5.45. The van der Waals surface area contributed by atoms with Crippen molar-refractivity contribution in [2.75, 3.05) is 6.61 Å². The van der Waals surface area contributed by atoms with Gasteiger partial charge >= 0.3 is 6.09 Å². The third-order valence-electron chi connectivity index (χ3n) is 1.81. The van der Waals surface area contributed by atoms with Crippen LogP contribution in [-0.2, 0) is 4.74 Å². The van der Waals surface area contributed by atoms with Gasteiger partial charge < -0.3 is 15.2 Å². The first kappa shape index (κ1) is 14.2.